The standard InChI is InChI=1S/C12H19N3O2/c1-8(7-17-3)6-14-12(16)10-4-9(2)15-11(13)5-10/h4-5,8H,6-7H2,1-3H3,(H2,13,15)(H,14,16). The molecule has 3 N–H and O–H groups in total. The summed E-state index contributed by atoms with van der Waals surface area (Å²) < 4.78 is 5.00. The molecule has 1 atom stereocenters. The maximum absolute atomic E-state index is 11.8. The van der Waals surface area contributed by atoms with E-state index in [2.05, 4.69) is 10.3 Å². The van der Waals surface area contributed by atoms with Crippen molar-refractivity contribution < 1.29 is 9.53 Å². The van der Waals surface area contributed by atoms with Gasteiger partial charge in [-0.05, 0) is 25.0 Å². The molecule has 0 aliphatic rings. The highest BCUT2D eigenvalue weighted by Crippen LogP contribution is 2.07. The summed E-state index contributed by atoms with van der Waals surface area (Å²) in [6.45, 7) is 5.02. The van der Waals surface area contributed by atoms with Crippen molar-refractivity contribution in [2.75, 3.05) is 26.0 Å². The smallest absolute Gasteiger partial charge is 0.251 e. The molecule has 1 rings (SSSR count). The van der Waals surface area contributed by atoms with Crippen LogP contribution in [0.3, 0.4) is 0 Å². The monoisotopic (exact) mass is 237 g/mol. The number of aromatic nitrogens is 1. The Labute approximate surface area is 101 Å². The Morgan fingerprint density at radius 1 is 1.59 bits per heavy atom. The summed E-state index contributed by atoms with van der Waals surface area (Å²) >= 11 is 0. The first-order chi connectivity index (χ1) is 8.02. The highest BCUT2D eigenvalue weighted by atomic mass is 16.5. The van der Waals surface area contributed by atoms with Crippen molar-refractivity contribution in [2.45, 2.75) is 13.8 Å². The second kappa shape index (κ2) is 6.20. The molecule has 0 aromatic carbocycles. The van der Waals surface area contributed by atoms with Crippen molar-refractivity contribution in [1.82, 2.24) is 10.3 Å². The van der Waals surface area contributed by atoms with E-state index in [9.17, 15) is 4.79 Å². The van der Waals surface area contributed by atoms with Crippen LogP contribution in [0.2, 0.25) is 0 Å². The minimum atomic E-state index is -0.134. The maximum atomic E-state index is 11.8. The van der Waals surface area contributed by atoms with Crippen LogP contribution < -0.4 is 11.1 Å². The molecule has 0 radical (unpaired) electrons. The number of anilines is 1. The summed E-state index contributed by atoms with van der Waals surface area (Å²) in [6.07, 6.45) is 0. The van der Waals surface area contributed by atoms with Crippen molar-refractivity contribution in [2.24, 2.45) is 5.92 Å². The van der Waals surface area contributed by atoms with E-state index in [0.717, 1.165) is 5.69 Å². The predicted molar refractivity (Wildman–Crippen MR) is 66.8 cm³/mol. The number of hydrogen-bond acceptors (Lipinski definition) is 4. The Kier molecular flexibility index (Phi) is 4.90. The lowest BCUT2D eigenvalue weighted by molar-refractivity contribution is 0.0934. The zero-order chi connectivity index (χ0) is 12.8. The van der Waals surface area contributed by atoms with Gasteiger partial charge in [0, 0.05) is 24.9 Å². The molecule has 17 heavy (non-hydrogen) atoms. The molecule has 1 aromatic rings. The lowest BCUT2D eigenvalue weighted by atomic mass is 10.1. The number of methoxy groups -OCH3 is 1. The third kappa shape index (κ3) is 4.40. The van der Waals surface area contributed by atoms with Crippen LogP contribution in [0, 0.1) is 12.8 Å². The van der Waals surface area contributed by atoms with Crippen LogP contribution in [-0.2, 0) is 4.74 Å². The van der Waals surface area contributed by atoms with E-state index < -0.39 is 0 Å². The van der Waals surface area contributed by atoms with Crippen molar-refractivity contribution in [3.8, 4) is 0 Å². The molecule has 1 unspecified atom stereocenters. The molecule has 0 aliphatic heterocycles. The molecule has 0 aliphatic carbocycles. The maximum Gasteiger partial charge on any atom is 0.251 e. The van der Waals surface area contributed by atoms with Gasteiger partial charge in [-0.25, -0.2) is 4.98 Å². The van der Waals surface area contributed by atoms with Crippen LogP contribution in [0.25, 0.3) is 0 Å². The first kappa shape index (κ1) is 13.4. The van der Waals surface area contributed by atoms with Crippen molar-refractivity contribution in [3.63, 3.8) is 0 Å². The van der Waals surface area contributed by atoms with Crippen molar-refractivity contribution >= 4 is 11.7 Å². The number of carbonyl (C=O) groups is 1. The zero-order valence-electron chi connectivity index (χ0n) is 10.5. The van der Waals surface area contributed by atoms with Crippen LogP contribution in [0.5, 0.6) is 0 Å². The lowest BCUT2D eigenvalue weighted by Crippen LogP contribution is -2.30. The molecular weight excluding hydrogens is 218 g/mol. The Morgan fingerprint density at radius 2 is 2.29 bits per heavy atom. The highest BCUT2D eigenvalue weighted by molar-refractivity contribution is 5.94. The topological polar surface area (TPSA) is 77.2 Å². The van der Waals surface area contributed by atoms with Crippen LogP contribution in [0.15, 0.2) is 12.1 Å². The Hall–Kier alpha value is -1.62. The third-order valence-electron chi connectivity index (χ3n) is 2.30. The molecule has 5 heteroatoms. The fraction of sp³-hybridized carbons (Fsp3) is 0.500. The summed E-state index contributed by atoms with van der Waals surface area (Å²) in [5.74, 6) is 0.509. The fourth-order valence-electron chi connectivity index (χ4n) is 1.54. The van der Waals surface area contributed by atoms with E-state index >= 15 is 0 Å². The van der Waals surface area contributed by atoms with Gasteiger partial charge in [0.1, 0.15) is 5.82 Å². The molecule has 1 aromatic heterocycles. The number of nitrogens with zero attached hydrogens (tertiary/aromatic N) is 1. The van der Waals surface area contributed by atoms with Crippen molar-refractivity contribution in [1.29, 1.82) is 0 Å². The molecule has 94 valence electrons. The molecular formula is C12H19N3O2. The minimum Gasteiger partial charge on any atom is -0.384 e. The van der Waals surface area contributed by atoms with Gasteiger partial charge in [-0.1, -0.05) is 6.92 Å². The van der Waals surface area contributed by atoms with Crippen LogP contribution >= 0.6 is 0 Å². The number of hydrogen-bond donors (Lipinski definition) is 2. The summed E-state index contributed by atoms with van der Waals surface area (Å²) in [5.41, 5.74) is 6.87. The zero-order valence-corrected chi connectivity index (χ0v) is 10.5. The largest absolute Gasteiger partial charge is 0.384 e. The quantitative estimate of drug-likeness (QED) is 0.800. The van der Waals surface area contributed by atoms with Crippen LogP contribution in [-0.4, -0.2) is 31.2 Å². The summed E-state index contributed by atoms with van der Waals surface area (Å²) in [6, 6.07) is 3.29. The van der Waals surface area contributed by atoms with Gasteiger partial charge in [0.15, 0.2) is 0 Å². The molecule has 1 amide bonds. The number of nitrogens with one attached hydrogen (secondary N) is 1. The molecule has 0 saturated carbocycles. The Bertz CT molecular complexity index is 373. The second-order valence-electron chi connectivity index (χ2n) is 4.19. The number of amides is 1. The van der Waals surface area contributed by atoms with Gasteiger partial charge in [0.25, 0.3) is 5.91 Å². The average Bonchev–Trinajstić information content (AvgIpc) is 2.25. The number of carbonyl (C=O) groups excluding carboxylic acids is 1. The lowest BCUT2D eigenvalue weighted by Gasteiger charge is -2.11. The minimum absolute atomic E-state index is 0.134. The van der Waals surface area contributed by atoms with Gasteiger partial charge in [0.05, 0.1) is 6.61 Å². The van der Waals surface area contributed by atoms with Gasteiger partial charge in [-0.15, -0.1) is 0 Å². The first-order valence-corrected chi connectivity index (χ1v) is 5.54. The van der Waals surface area contributed by atoms with Crippen molar-refractivity contribution in [3.05, 3.63) is 23.4 Å². The first-order valence-electron chi connectivity index (χ1n) is 5.54. The van der Waals surface area contributed by atoms with Gasteiger partial charge < -0.3 is 15.8 Å². The van der Waals surface area contributed by atoms with Crippen LogP contribution in [0.1, 0.15) is 23.0 Å². The predicted octanol–water partition coefficient (Wildman–Crippen LogP) is 0.985. The van der Waals surface area contributed by atoms with E-state index in [1.807, 2.05) is 6.92 Å². The van der Waals surface area contributed by atoms with Crippen LogP contribution in [0.4, 0.5) is 5.82 Å². The number of ether oxygens (including phenoxy) is 1. The molecule has 0 fully saturated rings. The van der Waals surface area contributed by atoms with E-state index in [1.54, 1.807) is 26.2 Å². The van der Waals surface area contributed by atoms with Gasteiger partial charge in [0.2, 0.25) is 0 Å². The summed E-state index contributed by atoms with van der Waals surface area (Å²) in [4.78, 5) is 15.8. The molecule has 1 heterocycles. The van der Waals surface area contributed by atoms with Gasteiger partial charge in [-0.2, -0.15) is 0 Å². The number of nitrogen functional groups attached to an aromatic ring is 1. The molecule has 0 spiro atoms. The van der Waals surface area contributed by atoms with E-state index in [1.165, 1.54) is 0 Å². The van der Waals surface area contributed by atoms with E-state index in [4.69, 9.17) is 10.5 Å². The number of aryl methyl sites for hydroxylation is 1. The highest BCUT2D eigenvalue weighted by Gasteiger charge is 2.09. The second-order valence-corrected chi connectivity index (χ2v) is 4.19. The third-order valence-corrected chi connectivity index (χ3v) is 2.30. The van der Waals surface area contributed by atoms with Gasteiger partial charge >= 0.3 is 0 Å². The fourth-order valence-corrected chi connectivity index (χ4v) is 1.54. The number of pyridine rings is 1. The summed E-state index contributed by atoms with van der Waals surface area (Å²) in [7, 11) is 1.64. The summed E-state index contributed by atoms with van der Waals surface area (Å²) in [5, 5.41) is 2.84. The SMILES string of the molecule is COCC(C)CNC(=O)c1cc(C)nc(N)c1. The normalized spacial score (nSPS) is 12.2. The van der Waals surface area contributed by atoms with E-state index in [0.29, 0.717) is 24.5 Å². The number of nitrogens with two attached hydrogens (primary N) is 1. The van der Waals surface area contributed by atoms with Gasteiger partial charge in [-0.3, -0.25) is 4.79 Å². The Morgan fingerprint density at radius 3 is 2.88 bits per heavy atom. The Balaban J connectivity index is 2.58. The van der Waals surface area contributed by atoms with E-state index in [-0.39, 0.29) is 11.8 Å². The molecule has 0 bridgehead atoms. The molecule has 5 nitrogen and oxygen atoms in total. The number of rotatable bonds is 5. The molecule has 0 saturated heterocycles. The average molecular weight is 237 g/mol.